The Kier molecular flexibility index (Phi) is 3.57. The van der Waals surface area contributed by atoms with Crippen LogP contribution >= 0.6 is 0 Å². The van der Waals surface area contributed by atoms with E-state index < -0.39 is 8.32 Å². The highest BCUT2D eigenvalue weighted by atomic mass is 28.4. The molecule has 1 fully saturated rings. The lowest BCUT2D eigenvalue weighted by Crippen LogP contribution is -2.58. The number of hydrogen-bond donors (Lipinski definition) is 1. The molecule has 6 heteroatoms. The molecule has 0 radical (unpaired) electrons. The van der Waals surface area contributed by atoms with Gasteiger partial charge in [-0.05, 0) is 18.1 Å². The minimum atomic E-state index is -1.66. The molecular weight excluding hydrogens is 256 g/mol. The van der Waals surface area contributed by atoms with Crippen LogP contribution in [0.4, 0.5) is 11.6 Å². The van der Waals surface area contributed by atoms with E-state index >= 15 is 0 Å². The Balaban J connectivity index is 1.91. The second kappa shape index (κ2) is 4.75. The van der Waals surface area contributed by atoms with Crippen LogP contribution in [0.2, 0.25) is 18.1 Å². The van der Waals surface area contributed by atoms with Gasteiger partial charge in [0.05, 0.1) is 6.10 Å². The van der Waals surface area contributed by atoms with E-state index in [2.05, 4.69) is 48.7 Å². The van der Waals surface area contributed by atoms with E-state index in [1.54, 1.807) is 0 Å². The summed E-state index contributed by atoms with van der Waals surface area (Å²) in [7, 11) is -1.66. The lowest BCUT2D eigenvalue weighted by molar-refractivity contribution is 0.148. The summed E-state index contributed by atoms with van der Waals surface area (Å²) in [6.45, 7) is 13.2. The highest BCUT2D eigenvalue weighted by Gasteiger charge is 2.42. The summed E-state index contributed by atoms with van der Waals surface area (Å²) in [5.74, 6) is 1.40. The molecule has 0 spiro atoms. The maximum absolute atomic E-state index is 6.34. The molecule has 2 N–H and O–H groups in total. The van der Waals surface area contributed by atoms with Gasteiger partial charge in [0.25, 0.3) is 0 Å². The Labute approximate surface area is 116 Å². The number of aromatic nitrogens is 2. The number of hydrogen-bond acceptors (Lipinski definition) is 5. The van der Waals surface area contributed by atoms with E-state index in [0.29, 0.717) is 11.9 Å². The topological polar surface area (TPSA) is 64.3 Å². The molecule has 1 aromatic heterocycles. The first-order chi connectivity index (χ1) is 8.69. The number of rotatable bonds is 3. The van der Waals surface area contributed by atoms with E-state index in [1.165, 1.54) is 6.33 Å². The van der Waals surface area contributed by atoms with Crippen LogP contribution in [-0.4, -0.2) is 37.5 Å². The van der Waals surface area contributed by atoms with Gasteiger partial charge in [-0.15, -0.1) is 0 Å². The van der Waals surface area contributed by atoms with Crippen molar-refractivity contribution in [1.29, 1.82) is 0 Å². The summed E-state index contributed by atoms with van der Waals surface area (Å²) in [5, 5.41) is 0.257. The maximum atomic E-state index is 6.34. The molecule has 1 saturated heterocycles. The highest BCUT2D eigenvalue weighted by Crippen LogP contribution is 2.38. The average Bonchev–Trinajstić information content (AvgIpc) is 2.21. The van der Waals surface area contributed by atoms with Crippen molar-refractivity contribution in [2.24, 2.45) is 0 Å². The molecule has 0 aliphatic carbocycles. The lowest BCUT2D eigenvalue weighted by Gasteiger charge is -2.46. The van der Waals surface area contributed by atoms with E-state index in [1.807, 2.05) is 6.07 Å². The molecule has 0 aromatic carbocycles. The molecule has 2 heterocycles. The van der Waals surface area contributed by atoms with Gasteiger partial charge in [0.1, 0.15) is 18.0 Å². The van der Waals surface area contributed by atoms with Crippen molar-refractivity contribution in [3.05, 3.63) is 12.4 Å². The molecule has 1 aliphatic rings. The molecule has 106 valence electrons. The number of nitrogen functional groups attached to an aromatic ring is 1. The largest absolute Gasteiger partial charge is 0.410 e. The summed E-state index contributed by atoms with van der Waals surface area (Å²) in [6.07, 6.45) is 1.82. The normalized spacial score (nSPS) is 17.4. The van der Waals surface area contributed by atoms with Crippen LogP contribution in [-0.2, 0) is 4.43 Å². The molecule has 0 unspecified atom stereocenters. The molecular formula is C13H24N4OSi. The predicted molar refractivity (Wildman–Crippen MR) is 80.7 cm³/mol. The molecule has 0 atom stereocenters. The van der Waals surface area contributed by atoms with Gasteiger partial charge in [-0.2, -0.15) is 0 Å². The SMILES string of the molecule is CC(C)(C)[Si](C)(C)OC1CN(c2cc(N)ncn2)C1. The molecule has 1 aliphatic heterocycles. The number of nitrogens with two attached hydrogens (primary N) is 1. The fraction of sp³-hybridized carbons (Fsp3) is 0.692. The third-order valence-corrected chi connectivity index (χ3v) is 8.65. The van der Waals surface area contributed by atoms with Gasteiger partial charge >= 0.3 is 0 Å². The Morgan fingerprint density at radius 2 is 1.95 bits per heavy atom. The van der Waals surface area contributed by atoms with Gasteiger partial charge in [0.15, 0.2) is 8.32 Å². The van der Waals surface area contributed by atoms with Crippen LogP contribution in [0.15, 0.2) is 12.4 Å². The van der Waals surface area contributed by atoms with Crippen LogP contribution in [0, 0.1) is 0 Å². The minimum absolute atomic E-state index is 0.257. The van der Waals surface area contributed by atoms with E-state index in [9.17, 15) is 0 Å². The third-order valence-electron chi connectivity index (χ3n) is 4.11. The highest BCUT2D eigenvalue weighted by molar-refractivity contribution is 6.74. The quantitative estimate of drug-likeness (QED) is 0.861. The van der Waals surface area contributed by atoms with Crippen molar-refractivity contribution in [2.45, 2.75) is 45.0 Å². The average molecular weight is 280 g/mol. The molecule has 0 bridgehead atoms. The molecule has 0 amide bonds. The smallest absolute Gasteiger partial charge is 0.192 e. The Bertz CT molecular complexity index is 452. The van der Waals surface area contributed by atoms with Gasteiger partial charge in [0, 0.05) is 19.2 Å². The standard InChI is InChI=1S/C13H24N4OSi/c1-13(2,3)19(4,5)18-10-7-17(8-10)12-6-11(14)15-9-16-12/h6,9-10H,7-8H2,1-5H3,(H2,14,15,16). The van der Waals surface area contributed by atoms with Crippen LogP contribution in [0.1, 0.15) is 20.8 Å². The second-order valence-corrected chi connectivity index (χ2v) is 11.5. The molecule has 1 aromatic rings. The Hall–Kier alpha value is -1.14. The van der Waals surface area contributed by atoms with Crippen molar-refractivity contribution in [3.63, 3.8) is 0 Å². The van der Waals surface area contributed by atoms with Crippen LogP contribution in [0.25, 0.3) is 0 Å². The van der Waals surface area contributed by atoms with Crippen molar-refractivity contribution in [1.82, 2.24) is 9.97 Å². The van der Waals surface area contributed by atoms with Crippen LogP contribution < -0.4 is 10.6 Å². The van der Waals surface area contributed by atoms with Gasteiger partial charge in [-0.25, -0.2) is 9.97 Å². The summed E-state index contributed by atoms with van der Waals surface area (Å²) in [6, 6.07) is 1.81. The number of nitrogens with zero attached hydrogens (tertiary/aromatic N) is 3. The second-order valence-electron chi connectivity index (χ2n) is 6.71. The van der Waals surface area contributed by atoms with Crippen LogP contribution in [0.3, 0.4) is 0 Å². The van der Waals surface area contributed by atoms with E-state index in [-0.39, 0.29) is 5.04 Å². The zero-order valence-electron chi connectivity index (χ0n) is 12.5. The molecule has 0 saturated carbocycles. The van der Waals surface area contributed by atoms with Crippen molar-refractivity contribution >= 4 is 20.0 Å². The maximum Gasteiger partial charge on any atom is 0.192 e. The summed E-state index contributed by atoms with van der Waals surface area (Å²) in [4.78, 5) is 10.3. The fourth-order valence-corrected chi connectivity index (χ4v) is 3.16. The Morgan fingerprint density at radius 1 is 1.32 bits per heavy atom. The fourth-order valence-electron chi connectivity index (χ4n) is 1.83. The monoisotopic (exact) mass is 280 g/mol. The zero-order chi connectivity index (χ0) is 14.3. The van der Waals surface area contributed by atoms with Crippen molar-refractivity contribution < 1.29 is 4.43 Å². The molecule has 5 nitrogen and oxygen atoms in total. The predicted octanol–water partition coefficient (Wildman–Crippen LogP) is 2.27. The molecule has 19 heavy (non-hydrogen) atoms. The first-order valence-electron chi connectivity index (χ1n) is 6.69. The lowest BCUT2D eigenvalue weighted by atomic mass is 10.2. The van der Waals surface area contributed by atoms with Gasteiger partial charge in [-0.1, -0.05) is 20.8 Å². The van der Waals surface area contributed by atoms with Crippen LogP contribution in [0.5, 0.6) is 0 Å². The third kappa shape index (κ3) is 3.06. The minimum Gasteiger partial charge on any atom is -0.410 e. The number of anilines is 2. The van der Waals surface area contributed by atoms with Crippen molar-refractivity contribution in [3.8, 4) is 0 Å². The summed E-state index contributed by atoms with van der Waals surface area (Å²) in [5.41, 5.74) is 5.67. The summed E-state index contributed by atoms with van der Waals surface area (Å²) >= 11 is 0. The first kappa shape index (κ1) is 14.3. The van der Waals surface area contributed by atoms with E-state index in [4.69, 9.17) is 10.2 Å². The molecule has 2 rings (SSSR count). The Morgan fingerprint density at radius 3 is 2.47 bits per heavy atom. The van der Waals surface area contributed by atoms with Gasteiger partial charge in [0.2, 0.25) is 0 Å². The summed E-state index contributed by atoms with van der Waals surface area (Å²) < 4.78 is 6.34. The van der Waals surface area contributed by atoms with E-state index in [0.717, 1.165) is 18.9 Å². The van der Waals surface area contributed by atoms with Crippen molar-refractivity contribution in [2.75, 3.05) is 23.7 Å². The first-order valence-corrected chi connectivity index (χ1v) is 9.60. The van der Waals surface area contributed by atoms with Gasteiger partial charge < -0.3 is 15.1 Å². The zero-order valence-corrected chi connectivity index (χ0v) is 13.5. The van der Waals surface area contributed by atoms with Gasteiger partial charge in [-0.3, -0.25) is 0 Å².